The SMILES string of the molecule is O=c1c2ccccc2ncn1CCSc1ncnc2nc[nH]c12. The molecule has 23 heavy (non-hydrogen) atoms. The molecule has 114 valence electrons. The monoisotopic (exact) mass is 324 g/mol. The first kappa shape index (κ1) is 13.9. The minimum atomic E-state index is -0.0226. The maximum atomic E-state index is 12.4. The molecule has 3 heterocycles. The molecule has 8 heteroatoms. The summed E-state index contributed by atoms with van der Waals surface area (Å²) >= 11 is 1.55. The Morgan fingerprint density at radius 3 is 3.00 bits per heavy atom. The Hall–Kier alpha value is -2.74. The number of hydrogen-bond acceptors (Lipinski definition) is 6. The number of aromatic nitrogens is 6. The maximum absolute atomic E-state index is 12.4. The van der Waals surface area contributed by atoms with E-state index in [4.69, 9.17) is 0 Å². The Morgan fingerprint density at radius 1 is 1.13 bits per heavy atom. The molecule has 0 saturated carbocycles. The maximum Gasteiger partial charge on any atom is 0.261 e. The summed E-state index contributed by atoms with van der Waals surface area (Å²) in [6, 6.07) is 7.36. The van der Waals surface area contributed by atoms with Gasteiger partial charge in [0.15, 0.2) is 5.65 Å². The Morgan fingerprint density at radius 2 is 2.04 bits per heavy atom. The minimum absolute atomic E-state index is 0.0226. The van der Waals surface area contributed by atoms with E-state index in [1.807, 2.05) is 18.2 Å². The van der Waals surface area contributed by atoms with Gasteiger partial charge in [0.05, 0.1) is 23.6 Å². The summed E-state index contributed by atoms with van der Waals surface area (Å²) in [5, 5.41) is 1.47. The summed E-state index contributed by atoms with van der Waals surface area (Å²) in [4.78, 5) is 32.2. The van der Waals surface area contributed by atoms with Crippen LogP contribution in [0, 0.1) is 0 Å². The van der Waals surface area contributed by atoms with Gasteiger partial charge >= 0.3 is 0 Å². The molecule has 0 atom stereocenters. The lowest BCUT2D eigenvalue weighted by molar-refractivity contribution is 0.725. The van der Waals surface area contributed by atoms with E-state index in [-0.39, 0.29) is 5.56 Å². The predicted octanol–water partition coefficient (Wildman–Crippen LogP) is 1.86. The fourth-order valence-electron chi connectivity index (χ4n) is 2.36. The number of nitrogens with zero attached hydrogens (tertiary/aromatic N) is 5. The lowest BCUT2D eigenvalue weighted by atomic mass is 10.2. The fourth-order valence-corrected chi connectivity index (χ4v) is 3.26. The van der Waals surface area contributed by atoms with E-state index in [0.29, 0.717) is 23.3 Å². The van der Waals surface area contributed by atoms with E-state index >= 15 is 0 Å². The fraction of sp³-hybridized carbons (Fsp3) is 0.133. The first-order chi connectivity index (χ1) is 11.3. The summed E-state index contributed by atoms with van der Waals surface area (Å²) in [7, 11) is 0. The van der Waals surface area contributed by atoms with Gasteiger partial charge in [0.1, 0.15) is 16.9 Å². The molecule has 0 fully saturated rings. The number of aromatic amines is 1. The average Bonchev–Trinajstić information content (AvgIpc) is 3.07. The third-order valence-electron chi connectivity index (χ3n) is 3.49. The Labute approximate surface area is 134 Å². The minimum Gasteiger partial charge on any atom is -0.341 e. The van der Waals surface area contributed by atoms with Crippen LogP contribution in [0.1, 0.15) is 0 Å². The summed E-state index contributed by atoms with van der Waals surface area (Å²) in [6.45, 7) is 0.557. The Bertz CT molecular complexity index is 1040. The van der Waals surface area contributed by atoms with Crippen molar-refractivity contribution in [3.05, 3.63) is 53.6 Å². The first-order valence-corrected chi connectivity index (χ1v) is 8.02. The molecule has 0 unspecified atom stereocenters. The number of hydrogen-bond donors (Lipinski definition) is 1. The van der Waals surface area contributed by atoms with Crippen molar-refractivity contribution in [2.45, 2.75) is 11.6 Å². The third-order valence-corrected chi connectivity index (χ3v) is 4.46. The molecule has 4 aromatic rings. The first-order valence-electron chi connectivity index (χ1n) is 7.04. The van der Waals surface area contributed by atoms with Crippen molar-refractivity contribution in [2.75, 3.05) is 5.75 Å². The molecule has 0 aliphatic rings. The van der Waals surface area contributed by atoms with Gasteiger partial charge in [-0.2, -0.15) is 0 Å². The number of rotatable bonds is 4. The highest BCUT2D eigenvalue weighted by Gasteiger charge is 2.07. The quantitative estimate of drug-likeness (QED) is 0.455. The van der Waals surface area contributed by atoms with E-state index in [1.54, 1.807) is 35.0 Å². The van der Waals surface area contributed by atoms with Crippen LogP contribution in [0.15, 0.2) is 53.1 Å². The zero-order chi connectivity index (χ0) is 15.6. The highest BCUT2D eigenvalue weighted by Crippen LogP contribution is 2.21. The van der Waals surface area contributed by atoms with Crippen LogP contribution in [-0.2, 0) is 6.54 Å². The van der Waals surface area contributed by atoms with Crippen LogP contribution in [0.4, 0.5) is 0 Å². The molecule has 0 saturated heterocycles. The van der Waals surface area contributed by atoms with Gasteiger partial charge in [0.25, 0.3) is 5.56 Å². The van der Waals surface area contributed by atoms with Gasteiger partial charge in [-0.3, -0.25) is 9.36 Å². The van der Waals surface area contributed by atoms with Crippen LogP contribution in [0.25, 0.3) is 22.1 Å². The molecule has 3 aromatic heterocycles. The van der Waals surface area contributed by atoms with Gasteiger partial charge < -0.3 is 4.98 Å². The molecule has 0 bridgehead atoms. The van der Waals surface area contributed by atoms with Crippen molar-refractivity contribution in [1.29, 1.82) is 0 Å². The van der Waals surface area contributed by atoms with Crippen molar-refractivity contribution >= 4 is 33.8 Å². The topological polar surface area (TPSA) is 89.3 Å². The summed E-state index contributed by atoms with van der Waals surface area (Å²) < 4.78 is 1.63. The Balaban J connectivity index is 1.54. The number of H-pyrrole nitrogens is 1. The molecular formula is C15H12N6OS. The summed E-state index contributed by atoms with van der Waals surface area (Å²) in [6.07, 6.45) is 4.69. The van der Waals surface area contributed by atoms with E-state index in [0.717, 1.165) is 16.1 Å². The molecule has 4 rings (SSSR count). The molecular weight excluding hydrogens is 312 g/mol. The van der Waals surface area contributed by atoms with Crippen LogP contribution in [0.3, 0.4) is 0 Å². The van der Waals surface area contributed by atoms with E-state index < -0.39 is 0 Å². The standard InChI is InChI=1S/C15H12N6OS/c22-15-10-3-1-2-4-11(10)20-9-21(15)5-6-23-14-12-13(17-7-16-12)18-8-19-14/h1-4,7-9H,5-6H2,(H,16,17,18,19). The number of fused-ring (bicyclic) bond motifs is 2. The average molecular weight is 324 g/mol. The van der Waals surface area contributed by atoms with Crippen molar-refractivity contribution in [1.82, 2.24) is 29.5 Å². The van der Waals surface area contributed by atoms with Gasteiger partial charge in [0.2, 0.25) is 0 Å². The van der Waals surface area contributed by atoms with Crippen molar-refractivity contribution < 1.29 is 0 Å². The molecule has 0 amide bonds. The molecule has 0 aliphatic heterocycles. The van der Waals surface area contributed by atoms with Crippen LogP contribution >= 0.6 is 11.8 Å². The lowest BCUT2D eigenvalue weighted by Crippen LogP contribution is -2.21. The van der Waals surface area contributed by atoms with Crippen molar-refractivity contribution in [3.63, 3.8) is 0 Å². The number of para-hydroxylation sites is 1. The van der Waals surface area contributed by atoms with Crippen molar-refractivity contribution in [3.8, 4) is 0 Å². The highest BCUT2D eigenvalue weighted by atomic mass is 32.2. The van der Waals surface area contributed by atoms with Crippen LogP contribution in [-0.4, -0.2) is 35.2 Å². The number of thioether (sulfide) groups is 1. The van der Waals surface area contributed by atoms with Gasteiger partial charge in [0, 0.05) is 12.3 Å². The second-order valence-corrected chi connectivity index (χ2v) is 5.97. The number of aryl methyl sites for hydroxylation is 1. The number of nitrogens with one attached hydrogen (secondary N) is 1. The van der Waals surface area contributed by atoms with Gasteiger partial charge in [-0.25, -0.2) is 19.9 Å². The van der Waals surface area contributed by atoms with Crippen LogP contribution < -0.4 is 5.56 Å². The molecule has 7 nitrogen and oxygen atoms in total. The van der Waals surface area contributed by atoms with E-state index in [9.17, 15) is 4.79 Å². The summed E-state index contributed by atoms with van der Waals surface area (Å²) in [5.74, 6) is 0.699. The van der Waals surface area contributed by atoms with Gasteiger partial charge in [-0.1, -0.05) is 12.1 Å². The lowest BCUT2D eigenvalue weighted by Gasteiger charge is -2.06. The number of benzene rings is 1. The highest BCUT2D eigenvalue weighted by molar-refractivity contribution is 7.99. The third kappa shape index (κ3) is 2.57. The smallest absolute Gasteiger partial charge is 0.261 e. The molecule has 0 radical (unpaired) electrons. The van der Waals surface area contributed by atoms with E-state index in [2.05, 4.69) is 24.9 Å². The second kappa shape index (κ2) is 5.81. The van der Waals surface area contributed by atoms with Crippen LogP contribution in [0.2, 0.25) is 0 Å². The predicted molar refractivity (Wildman–Crippen MR) is 88.4 cm³/mol. The largest absolute Gasteiger partial charge is 0.341 e. The number of imidazole rings is 1. The van der Waals surface area contributed by atoms with Crippen molar-refractivity contribution in [2.24, 2.45) is 0 Å². The second-order valence-electron chi connectivity index (χ2n) is 4.89. The van der Waals surface area contributed by atoms with Crippen LogP contribution in [0.5, 0.6) is 0 Å². The molecule has 0 aliphatic carbocycles. The zero-order valence-corrected chi connectivity index (χ0v) is 12.8. The van der Waals surface area contributed by atoms with Gasteiger partial charge in [-0.05, 0) is 12.1 Å². The molecule has 1 N–H and O–H groups in total. The summed E-state index contributed by atoms with van der Waals surface area (Å²) in [5.41, 5.74) is 2.16. The van der Waals surface area contributed by atoms with E-state index in [1.165, 1.54) is 6.33 Å². The molecule has 0 spiro atoms. The Kier molecular flexibility index (Phi) is 3.51. The van der Waals surface area contributed by atoms with Gasteiger partial charge in [-0.15, -0.1) is 11.8 Å². The molecule has 1 aromatic carbocycles. The zero-order valence-electron chi connectivity index (χ0n) is 12.0. The normalized spacial score (nSPS) is 11.3.